The van der Waals surface area contributed by atoms with Crippen LogP contribution in [0, 0.1) is 5.92 Å². The second kappa shape index (κ2) is 6.24. The number of rotatable bonds is 2. The molecule has 5 heteroatoms. The van der Waals surface area contributed by atoms with Crippen LogP contribution >= 0.6 is 0 Å². The molecule has 0 saturated heterocycles. The number of fused-ring (bicyclic) bond motifs is 2. The molecular formula is C19H22N4O. The fourth-order valence-corrected chi connectivity index (χ4v) is 3.81. The quantitative estimate of drug-likeness (QED) is 0.793. The lowest BCUT2D eigenvalue weighted by Gasteiger charge is -2.26. The molecule has 1 saturated carbocycles. The minimum atomic E-state index is -0.0625. The molecule has 4 rings (SSSR count). The molecule has 2 aromatic heterocycles. The van der Waals surface area contributed by atoms with E-state index in [1.54, 1.807) is 6.20 Å². The van der Waals surface area contributed by atoms with Crippen molar-refractivity contribution in [3.8, 4) is 0 Å². The highest BCUT2D eigenvalue weighted by atomic mass is 16.1. The number of anilines is 1. The first-order chi connectivity index (χ1) is 11.7. The van der Waals surface area contributed by atoms with Crippen molar-refractivity contribution in [3.05, 3.63) is 47.8 Å². The van der Waals surface area contributed by atoms with E-state index < -0.39 is 0 Å². The van der Waals surface area contributed by atoms with Crippen molar-refractivity contribution >= 4 is 22.6 Å². The predicted molar refractivity (Wildman–Crippen MR) is 95.4 cm³/mol. The van der Waals surface area contributed by atoms with Gasteiger partial charge in [-0.15, -0.1) is 0 Å². The van der Waals surface area contributed by atoms with E-state index in [1.165, 1.54) is 18.4 Å². The van der Waals surface area contributed by atoms with Crippen LogP contribution in [-0.2, 0) is 4.79 Å². The highest BCUT2D eigenvalue weighted by Crippen LogP contribution is 2.34. The molecule has 5 nitrogen and oxygen atoms in total. The number of nitrogens with two attached hydrogens (primary N) is 1. The van der Waals surface area contributed by atoms with Gasteiger partial charge in [-0.25, -0.2) is 4.98 Å². The summed E-state index contributed by atoms with van der Waals surface area (Å²) in [6, 6.07) is 3.97. The number of aromatic amines is 1. The van der Waals surface area contributed by atoms with Crippen molar-refractivity contribution in [1.29, 1.82) is 0 Å². The average molecular weight is 322 g/mol. The Morgan fingerprint density at radius 3 is 3.17 bits per heavy atom. The summed E-state index contributed by atoms with van der Waals surface area (Å²) in [6.45, 7) is 0. The minimum Gasteiger partial charge on any atom is -0.346 e. The van der Waals surface area contributed by atoms with Crippen LogP contribution in [0.15, 0.2) is 47.8 Å². The Balaban J connectivity index is 1.56. The molecule has 0 aliphatic heterocycles. The summed E-state index contributed by atoms with van der Waals surface area (Å²) >= 11 is 0. The number of amides is 1. The summed E-state index contributed by atoms with van der Waals surface area (Å²) in [7, 11) is 0. The first-order valence-corrected chi connectivity index (χ1v) is 8.62. The maximum absolute atomic E-state index is 12.7. The van der Waals surface area contributed by atoms with E-state index in [2.05, 4.69) is 21.4 Å². The molecule has 0 bridgehead atoms. The van der Waals surface area contributed by atoms with E-state index in [9.17, 15) is 4.79 Å². The number of pyridine rings is 1. The van der Waals surface area contributed by atoms with Crippen LogP contribution in [0.2, 0.25) is 0 Å². The van der Waals surface area contributed by atoms with Crippen molar-refractivity contribution in [3.63, 3.8) is 0 Å². The fourth-order valence-electron chi connectivity index (χ4n) is 3.81. The van der Waals surface area contributed by atoms with Crippen molar-refractivity contribution in [2.24, 2.45) is 11.7 Å². The number of hydrogen-bond acceptors (Lipinski definition) is 3. The summed E-state index contributed by atoms with van der Waals surface area (Å²) in [4.78, 5) is 20.0. The summed E-state index contributed by atoms with van der Waals surface area (Å²) in [5.74, 6) is 0.342. The number of H-pyrrole nitrogens is 1. The Bertz CT molecular complexity index is 833. The molecule has 2 atom stereocenters. The monoisotopic (exact) mass is 322 g/mol. The van der Waals surface area contributed by atoms with Crippen molar-refractivity contribution in [2.75, 3.05) is 5.32 Å². The smallest absolute Gasteiger partial charge is 0.255 e. The molecule has 1 amide bonds. The van der Waals surface area contributed by atoms with Crippen LogP contribution < -0.4 is 11.1 Å². The van der Waals surface area contributed by atoms with Gasteiger partial charge in [0.2, 0.25) is 0 Å². The lowest BCUT2D eigenvalue weighted by Crippen LogP contribution is -2.31. The lowest BCUT2D eigenvalue weighted by atomic mass is 9.82. The molecule has 2 aromatic rings. The summed E-state index contributed by atoms with van der Waals surface area (Å²) in [5, 5.41) is 3.94. The SMILES string of the molecule is NC1CCCCC2=CC(C(=O)Nc3ccnc4[nH]ccc34)=CCC21. The molecule has 0 spiro atoms. The Morgan fingerprint density at radius 2 is 2.25 bits per heavy atom. The van der Waals surface area contributed by atoms with Gasteiger partial charge in [-0.05, 0) is 43.7 Å². The Morgan fingerprint density at radius 1 is 1.33 bits per heavy atom. The zero-order valence-electron chi connectivity index (χ0n) is 13.6. The van der Waals surface area contributed by atoms with Gasteiger partial charge in [-0.2, -0.15) is 0 Å². The van der Waals surface area contributed by atoms with Crippen LogP contribution in [0.4, 0.5) is 5.69 Å². The highest BCUT2D eigenvalue weighted by Gasteiger charge is 2.27. The van der Waals surface area contributed by atoms with Gasteiger partial charge in [-0.1, -0.05) is 24.1 Å². The molecule has 0 aromatic carbocycles. The number of nitrogens with one attached hydrogen (secondary N) is 2. The fraction of sp³-hybridized carbons (Fsp3) is 0.368. The normalized spacial score (nSPS) is 23.9. The van der Waals surface area contributed by atoms with Gasteiger partial charge >= 0.3 is 0 Å². The number of carbonyl (C=O) groups excluding carboxylic acids is 1. The van der Waals surface area contributed by atoms with E-state index in [4.69, 9.17) is 5.73 Å². The summed E-state index contributed by atoms with van der Waals surface area (Å²) < 4.78 is 0. The molecule has 2 aliphatic carbocycles. The molecule has 2 aliphatic rings. The molecule has 24 heavy (non-hydrogen) atoms. The summed E-state index contributed by atoms with van der Waals surface area (Å²) in [6.07, 6.45) is 13.0. The van der Waals surface area contributed by atoms with Gasteiger partial charge in [0.1, 0.15) is 5.65 Å². The van der Waals surface area contributed by atoms with E-state index in [0.29, 0.717) is 5.92 Å². The third kappa shape index (κ3) is 2.76. The van der Waals surface area contributed by atoms with Crippen molar-refractivity contribution < 1.29 is 4.79 Å². The lowest BCUT2D eigenvalue weighted by molar-refractivity contribution is -0.112. The largest absolute Gasteiger partial charge is 0.346 e. The summed E-state index contributed by atoms with van der Waals surface area (Å²) in [5.41, 5.74) is 9.95. The van der Waals surface area contributed by atoms with Gasteiger partial charge in [0.25, 0.3) is 5.91 Å². The van der Waals surface area contributed by atoms with E-state index in [1.807, 2.05) is 24.4 Å². The Kier molecular flexibility index (Phi) is 3.94. The molecule has 4 N–H and O–H groups in total. The van der Waals surface area contributed by atoms with E-state index in [0.717, 1.165) is 41.6 Å². The maximum atomic E-state index is 12.7. The average Bonchev–Trinajstić information content (AvgIpc) is 3.00. The Labute approximate surface area is 141 Å². The molecular weight excluding hydrogens is 300 g/mol. The zero-order chi connectivity index (χ0) is 16.5. The van der Waals surface area contributed by atoms with Crippen LogP contribution in [0.5, 0.6) is 0 Å². The second-order valence-electron chi connectivity index (χ2n) is 6.68. The number of aromatic nitrogens is 2. The van der Waals surface area contributed by atoms with Gasteiger partial charge in [-0.3, -0.25) is 4.79 Å². The standard InChI is InChI=1S/C19H22N4O/c20-16-4-2-1-3-12-11-13(5-6-14(12)16)19(24)23-17-8-10-22-18-15(17)7-9-21-18/h5,7-11,14,16H,1-4,6,20H2,(H2,21,22,23,24). The minimum absolute atomic E-state index is 0.0625. The first-order valence-electron chi connectivity index (χ1n) is 8.62. The third-order valence-electron chi connectivity index (χ3n) is 5.15. The topological polar surface area (TPSA) is 83.8 Å². The van der Waals surface area contributed by atoms with Gasteiger partial charge in [0, 0.05) is 29.4 Å². The zero-order valence-corrected chi connectivity index (χ0v) is 13.6. The van der Waals surface area contributed by atoms with Crippen LogP contribution in [-0.4, -0.2) is 21.9 Å². The highest BCUT2D eigenvalue weighted by molar-refractivity contribution is 6.09. The second-order valence-corrected chi connectivity index (χ2v) is 6.68. The van der Waals surface area contributed by atoms with Crippen LogP contribution in [0.1, 0.15) is 32.1 Å². The predicted octanol–water partition coefficient (Wildman–Crippen LogP) is 3.28. The van der Waals surface area contributed by atoms with E-state index >= 15 is 0 Å². The van der Waals surface area contributed by atoms with Crippen molar-refractivity contribution in [1.82, 2.24) is 9.97 Å². The first kappa shape index (κ1) is 15.1. The van der Waals surface area contributed by atoms with E-state index in [-0.39, 0.29) is 11.9 Å². The molecule has 0 radical (unpaired) electrons. The molecule has 1 fully saturated rings. The number of hydrogen-bond donors (Lipinski definition) is 3. The Hall–Kier alpha value is -2.40. The number of allylic oxidation sites excluding steroid dienone is 1. The maximum Gasteiger partial charge on any atom is 0.255 e. The third-order valence-corrected chi connectivity index (χ3v) is 5.15. The molecule has 124 valence electrons. The number of nitrogens with zero attached hydrogens (tertiary/aromatic N) is 1. The van der Waals surface area contributed by atoms with Gasteiger partial charge < -0.3 is 16.0 Å². The van der Waals surface area contributed by atoms with Crippen LogP contribution in [0.25, 0.3) is 11.0 Å². The number of carbonyl (C=O) groups is 1. The van der Waals surface area contributed by atoms with Crippen molar-refractivity contribution in [2.45, 2.75) is 38.1 Å². The van der Waals surface area contributed by atoms with Gasteiger partial charge in [0.05, 0.1) is 5.69 Å². The molecule has 2 heterocycles. The molecule has 2 unspecified atom stereocenters. The van der Waals surface area contributed by atoms with Crippen LogP contribution in [0.3, 0.4) is 0 Å². The van der Waals surface area contributed by atoms with Gasteiger partial charge in [0.15, 0.2) is 0 Å².